The average Bonchev–Trinajstić information content (AvgIpc) is 3.32. The molecular formula is C23H31ClN2O3S2. The Hall–Kier alpha value is -1.12. The molecule has 0 spiro atoms. The van der Waals surface area contributed by atoms with Gasteiger partial charge in [-0.15, -0.1) is 11.3 Å². The van der Waals surface area contributed by atoms with Gasteiger partial charge in [0.05, 0.1) is 16.0 Å². The number of thiophene rings is 1. The van der Waals surface area contributed by atoms with Crippen LogP contribution in [-0.4, -0.2) is 50.4 Å². The number of likely N-dealkylation sites (tertiary alicyclic amines) is 1. The van der Waals surface area contributed by atoms with E-state index in [9.17, 15) is 8.42 Å². The van der Waals surface area contributed by atoms with Gasteiger partial charge in [-0.1, -0.05) is 23.7 Å². The topological polar surface area (TPSA) is 49.9 Å². The molecule has 1 aliphatic carbocycles. The maximum Gasteiger partial charge on any atom is 0.243 e. The number of ether oxygens (including phenoxy) is 1. The Morgan fingerprint density at radius 2 is 1.94 bits per heavy atom. The van der Waals surface area contributed by atoms with Crippen LogP contribution in [0.2, 0.25) is 5.02 Å². The van der Waals surface area contributed by atoms with Crippen molar-refractivity contribution in [3.05, 3.63) is 44.6 Å². The molecule has 0 amide bonds. The van der Waals surface area contributed by atoms with Crippen LogP contribution in [0.5, 0.6) is 5.75 Å². The number of halogens is 1. The Bertz CT molecular complexity index is 1030. The average molecular weight is 483 g/mol. The van der Waals surface area contributed by atoms with Gasteiger partial charge in [0, 0.05) is 29.9 Å². The van der Waals surface area contributed by atoms with E-state index in [-0.39, 0.29) is 6.10 Å². The quantitative estimate of drug-likeness (QED) is 0.525. The van der Waals surface area contributed by atoms with Gasteiger partial charge in [0.1, 0.15) is 5.75 Å². The van der Waals surface area contributed by atoms with Crippen LogP contribution in [0.15, 0.2) is 29.2 Å². The molecule has 0 unspecified atom stereocenters. The minimum atomic E-state index is -3.44. The second kappa shape index (κ2) is 9.40. The van der Waals surface area contributed by atoms with Crippen molar-refractivity contribution in [2.45, 2.75) is 57.1 Å². The second-order valence-electron chi connectivity index (χ2n) is 8.85. The van der Waals surface area contributed by atoms with E-state index >= 15 is 0 Å². The van der Waals surface area contributed by atoms with E-state index in [1.54, 1.807) is 13.1 Å². The van der Waals surface area contributed by atoms with Crippen LogP contribution in [0.4, 0.5) is 0 Å². The van der Waals surface area contributed by atoms with Crippen molar-refractivity contribution in [3.8, 4) is 5.75 Å². The third-order valence-electron chi connectivity index (χ3n) is 6.32. The predicted molar refractivity (Wildman–Crippen MR) is 127 cm³/mol. The first kappa shape index (κ1) is 23.1. The summed E-state index contributed by atoms with van der Waals surface area (Å²) in [5.74, 6) is 1.04. The van der Waals surface area contributed by atoms with E-state index < -0.39 is 10.0 Å². The molecule has 0 radical (unpaired) electrons. The monoisotopic (exact) mass is 482 g/mol. The van der Waals surface area contributed by atoms with Crippen LogP contribution in [0.25, 0.3) is 0 Å². The highest BCUT2D eigenvalue weighted by atomic mass is 35.5. The standard InChI is InChI=1S/C23H31ClN2O3S2/c1-16-11-22(17(2)30-16)31(27,28)25(3)14-18-12-20(13-18)29-21-8-6-7-19(23(21)24)15-26-9-4-5-10-26/h6-8,11,18,20H,4-5,9-10,12-15H2,1-3H3. The SMILES string of the molecule is Cc1cc(S(=O)(=O)N(C)CC2CC(Oc3cccc(CN4CCCC4)c3Cl)C2)c(C)s1. The van der Waals surface area contributed by atoms with Crippen LogP contribution < -0.4 is 4.74 Å². The fraction of sp³-hybridized carbons (Fsp3) is 0.565. The number of hydrogen-bond donors (Lipinski definition) is 0. The lowest BCUT2D eigenvalue weighted by atomic mass is 9.82. The zero-order valence-corrected chi connectivity index (χ0v) is 20.8. The lowest BCUT2D eigenvalue weighted by molar-refractivity contribution is 0.0575. The first-order valence-corrected chi connectivity index (χ1v) is 13.6. The molecule has 0 bridgehead atoms. The fourth-order valence-corrected chi connectivity index (χ4v) is 7.54. The summed E-state index contributed by atoms with van der Waals surface area (Å²) in [4.78, 5) is 4.73. The third-order valence-corrected chi connectivity index (χ3v) is 9.79. The zero-order valence-electron chi connectivity index (χ0n) is 18.4. The summed E-state index contributed by atoms with van der Waals surface area (Å²) in [5, 5.41) is 0.709. The van der Waals surface area contributed by atoms with E-state index in [1.165, 1.54) is 28.5 Å². The summed E-state index contributed by atoms with van der Waals surface area (Å²) in [6, 6.07) is 7.79. The van der Waals surface area contributed by atoms with Crippen LogP contribution >= 0.6 is 22.9 Å². The normalized spacial score (nSPS) is 22.1. The van der Waals surface area contributed by atoms with Crippen molar-refractivity contribution < 1.29 is 13.2 Å². The molecule has 1 saturated heterocycles. The van der Waals surface area contributed by atoms with Crippen molar-refractivity contribution in [1.29, 1.82) is 0 Å². The van der Waals surface area contributed by atoms with Crippen LogP contribution in [0, 0.1) is 19.8 Å². The van der Waals surface area contributed by atoms with E-state index in [0.717, 1.165) is 53.5 Å². The van der Waals surface area contributed by atoms with Gasteiger partial charge >= 0.3 is 0 Å². The molecule has 1 aromatic heterocycles. The molecule has 5 nitrogen and oxygen atoms in total. The van der Waals surface area contributed by atoms with Crippen LogP contribution in [-0.2, 0) is 16.6 Å². The number of sulfonamides is 1. The lowest BCUT2D eigenvalue weighted by Gasteiger charge is -2.37. The molecule has 8 heteroatoms. The van der Waals surface area contributed by atoms with Gasteiger partial charge in [-0.2, -0.15) is 0 Å². The van der Waals surface area contributed by atoms with Gasteiger partial charge in [0.2, 0.25) is 10.0 Å². The van der Waals surface area contributed by atoms with Crippen molar-refractivity contribution in [2.75, 3.05) is 26.7 Å². The number of aryl methyl sites for hydroxylation is 2. The number of nitrogens with zero attached hydrogens (tertiary/aromatic N) is 2. The highest BCUT2D eigenvalue weighted by Gasteiger charge is 2.35. The van der Waals surface area contributed by atoms with Crippen molar-refractivity contribution >= 4 is 33.0 Å². The molecule has 1 aromatic carbocycles. The van der Waals surface area contributed by atoms with E-state index in [1.807, 2.05) is 26.0 Å². The molecule has 170 valence electrons. The molecule has 31 heavy (non-hydrogen) atoms. The third kappa shape index (κ3) is 5.11. The minimum Gasteiger partial charge on any atom is -0.489 e. The summed E-state index contributed by atoms with van der Waals surface area (Å²) < 4.78 is 33.5. The molecule has 2 aliphatic rings. The van der Waals surface area contributed by atoms with Gasteiger partial charge in [-0.3, -0.25) is 4.90 Å². The smallest absolute Gasteiger partial charge is 0.243 e. The molecule has 0 atom stereocenters. The first-order valence-electron chi connectivity index (χ1n) is 10.9. The summed E-state index contributed by atoms with van der Waals surface area (Å²) in [5.41, 5.74) is 1.11. The van der Waals surface area contributed by atoms with Gasteiger partial charge < -0.3 is 4.74 Å². The molecule has 1 saturated carbocycles. The maximum absolute atomic E-state index is 12.9. The number of rotatable bonds is 8. The molecule has 1 aliphatic heterocycles. The fourth-order valence-electron chi connectivity index (χ4n) is 4.54. The van der Waals surface area contributed by atoms with Gasteiger partial charge in [0.15, 0.2) is 0 Å². The predicted octanol–water partition coefficient (Wildman–Crippen LogP) is 5.09. The summed E-state index contributed by atoms with van der Waals surface area (Å²) in [7, 11) is -1.77. The zero-order chi connectivity index (χ0) is 22.2. The molecular weight excluding hydrogens is 452 g/mol. The van der Waals surface area contributed by atoms with Crippen molar-refractivity contribution in [1.82, 2.24) is 9.21 Å². The van der Waals surface area contributed by atoms with E-state index in [4.69, 9.17) is 16.3 Å². The van der Waals surface area contributed by atoms with Crippen LogP contribution in [0.3, 0.4) is 0 Å². The first-order chi connectivity index (χ1) is 14.7. The molecule has 2 fully saturated rings. The summed E-state index contributed by atoms with van der Waals surface area (Å²) in [6.45, 7) is 7.45. The minimum absolute atomic E-state index is 0.0887. The maximum atomic E-state index is 12.9. The molecule has 2 aromatic rings. The lowest BCUT2D eigenvalue weighted by Crippen LogP contribution is -2.42. The molecule has 2 heterocycles. The molecule has 0 N–H and O–H groups in total. The van der Waals surface area contributed by atoms with Gasteiger partial charge in [0.25, 0.3) is 0 Å². The van der Waals surface area contributed by atoms with Gasteiger partial charge in [-0.05, 0) is 76.2 Å². The highest BCUT2D eigenvalue weighted by Crippen LogP contribution is 2.37. The Labute approximate surface area is 195 Å². The Balaban J connectivity index is 1.31. The van der Waals surface area contributed by atoms with E-state index in [0.29, 0.717) is 22.4 Å². The number of hydrogen-bond acceptors (Lipinski definition) is 5. The van der Waals surface area contributed by atoms with E-state index in [2.05, 4.69) is 11.0 Å². The molecule has 4 rings (SSSR count). The Morgan fingerprint density at radius 3 is 2.58 bits per heavy atom. The number of benzene rings is 1. The second-order valence-corrected chi connectivity index (χ2v) is 12.7. The largest absolute Gasteiger partial charge is 0.489 e. The van der Waals surface area contributed by atoms with Gasteiger partial charge in [-0.25, -0.2) is 12.7 Å². The Kier molecular flexibility index (Phi) is 6.99. The van der Waals surface area contributed by atoms with Crippen molar-refractivity contribution in [2.24, 2.45) is 5.92 Å². The highest BCUT2D eigenvalue weighted by molar-refractivity contribution is 7.89. The Morgan fingerprint density at radius 1 is 1.23 bits per heavy atom. The van der Waals surface area contributed by atoms with Crippen LogP contribution in [0.1, 0.15) is 41.0 Å². The summed E-state index contributed by atoms with van der Waals surface area (Å²) >= 11 is 8.16. The van der Waals surface area contributed by atoms with Crippen molar-refractivity contribution in [3.63, 3.8) is 0 Å². The summed E-state index contributed by atoms with van der Waals surface area (Å²) in [6.07, 6.45) is 4.29.